The van der Waals surface area contributed by atoms with Gasteiger partial charge in [0.2, 0.25) is 0 Å². The van der Waals surface area contributed by atoms with Gasteiger partial charge >= 0.3 is 0 Å². The Balaban J connectivity index is 1.53. The number of morpholine rings is 1. The summed E-state index contributed by atoms with van der Waals surface area (Å²) in [5.41, 5.74) is 0. The number of hydrogen-bond donors (Lipinski definition) is 1. The Bertz CT molecular complexity index is 236. The van der Waals surface area contributed by atoms with Crippen molar-refractivity contribution in [2.75, 3.05) is 39.4 Å². The molecule has 17 heavy (non-hydrogen) atoms. The summed E-state index contributed by atoms with van der Waals surface area (Å²) in [6, 6.07) is 0.596. The zero-order chi connectivity index (χ0) is 11.9. The number of ether oxygens (including phenoxy) is 1. The predicted molar refractivity (Wildman–Crippen MR) is 71.2 cm³/mol. The zero-order valence-corrected chi connectivity index (χ0v) is 11.0. The van der Waals surface area contributed by atoms with Crippen molar-refractivity contribution in [1.82, 2.24) is 10.2 Å². The van der Waals surface area contributed by atoms with Crippen LogP contribution in [0.15, 0.2) is 12.2 Å². The van der Waals surface area contributed by atoms with Gasteiger partial charge in [-0.1, -0.05) is 12.2 Å². The lowest BCUT2D eigenvalue weighted by Gasteiger charge is -2.29. The van der Waals surface area contributed by atoms with E-state index in [0.29, 0.717) is 6.04 Å². The molecule has 0 radical (unpaired) electrons. The van der Waals surface area contributed by atoms with Crippen molar-refractivity contribution in [2.45, 2.75) is 32.2 Å². The Morgan fingerprint density at radius 3 is 2.94 bits per heavy atom. The van der Waals surface area contributed by atoms with Gasteiger partial charge in [0.05, 0.1) is 13.2 Å². The minimum Gasteiger partial charge on any atom is -0.379 e. The van der Waals surface area contributed by atoms with Crippen LogP contribution in [0.3, 0.4) is 0 Å². The van der Waals surface area contributed by atoms with Gasteiger partial charge in [0.1, 0.15) is 0 Å². The first-order chi connectivity index (χ1) is 8.34. The van der Waals surface area contributed by atoms with E-state index in [4.69, 9.17) is 4.74 Å². The van der Waals surface area contributed by atoms with E-state index in [1.54, 1.807) is 0 Å². The zero-order valence-electron chi connectivity index (χ0n) is 11.0. The summed E-state index contributed by atoms with van der Waals surface area (Å²) in [5.74, 6) is 0.832. The van der Waals surface area contributed by atoms with Gasteiger partial charge in [0, 0.05) is 25.7 Å². The summed E-state index contributed by atoms with van der Waals surface area (Å²) in [6.07, 6.45) is 8.65. The highest BCUT2D eigenvalue weighted by Gasteiger charge is 2.14. The van der Waals surface area contributed by atoms with Gasteiger partial charge in [-0.2, -0.15) is 0 Å². The molecule has 1 aliphatic carbocycles. The fourth-order valence-corrected chi connectivity index (χ4v) is 2.69. The van der Waals surface area contributed by atoms with Gasteiger partial charge in [0.15, 0.2) is 0 Å². The smallest absolute Gasteiger partial charge is 0.0594 e. The number of allylic oxidation sites excluding steroid dienone is 2. The Kier molecular flexibility index (Phi) is 5.49. The SMILES string of the molecule is CC(CN1CCOCC1)NCCC1C=CCC1. The lowest BCUT2D eigenvalue weighted by Crippen LogP contribution is -2.44. The van der Waals surface area contributed by atoms with E-state index in [1.165, 1.54) is 19.3 Å². The average molecular weight is 238 g/mol. The molecule has 1 N–H and O–H groups in total. The van der Waals surface area contributed by atoms with E-state index in [-0.39, 0.29) is 0 Å². The Hall–Kier alpha value is -0.380. The highest BCUT2D eigenvalue weighted by Crippen LogP contribution is 2.19. The van der Waals surface area contributed by atoms with Crippen molar-refractivity contribution in [1.29, 1.82) is 0 Å². The summed E-state index contributed by atoms with van der Waals surface area (Å²) in [5, 5.41) is 3.64. The van der Waals surface area contributed by atoms with Crippen LogP contribution in [0.25, 0.3) is 0 Å². The van der Waals surface area contributed by atoms with Crippen molar-refractivity contribution in [3.8, 4) is 0 Å². The summed E-state index contributed by atoms with van der Waals surface area (Å²) >= 11 is 0. The van der Waals surface area contributed by atoms with E-state index >= 15 is 0 Å². The minimum atomic E-state index is 0.596. The second-order valence-electron chi connectivity index (χ2n) is 5.32. The second kappa shape index (κ2) is 7.14. The monoisotopic (exact) mass is 238 g/mol. The molecule has 0 aromatic heterocycles. The Morgan fingerprint density at radius 1 is 1.41 bits per heavy atom. The molecule has 3 heteroatoms. The molecular weight excluding hydrogens is 212 g/mol. The normalized spacial score (nSPS) is 27.5. The molecule has 98 valence electrons. The number of nitrogens with zero attached hydrogens (tertiary/aromatic N) is 1. The molecule has 0 amide bonds. The minimum absolute atomic E-state index is 0.596. The third-order valence-electron chi connectivity index (χ3n) is 3.76. The van der Waals surface area contributed by atoms with Crippen LogP contribution < -0.4 is 5.32 Å². The molecule has 0 aromatic carbocycles. The molecule has 2 aliphatic rings. The molecule has 0 saturated carbocycles. The maximum atomic E-state index is 5.36. The van der Waals surface area contributed by atoms with Gasteiger partial charge < -0.3 is 10.1 Å². The average Bonchev–Trinajstić information content (AvgIpc) is 2.83. The molecule has 3 nitrogen and oxygen atoms in total. The van der Waals surface area contributed by atoms with Gasteiger partial charge in [0.25, 0.3) is 0 Å². The summed E-state index contributed by atoms with van der Waals surface area (Å²) in [4.78, 5) is 2.50. The lowest BCUT2D eigenvalue weighted by atomic mass is 10.1. The van der Waals surface area contributed by atoms with Gasteiger partial charge in [-0.05, 0) is 38.6 Å². The van der Waals surface area contributed by atoms with E-state index < -0.39 is 0 Å². The first kappa shape index (κ1) is 13.1. The number of rotatable bonds is 6. The molecule has 2 atom stereocenters. The largest absolute Gasteiger partial charge is 0.379 e. The Labute approximate surface area is 105 Å². The highest BCUT2D eigenvalue weighted by molar-refractivity contribution is 4.96. The maximum absolute atomic E-state index is 5.36. The molecule has 1 heterocycles. The first-order valence-electron chi connectivity index (χ1n) is 7.05. The molecule has 1 aliphatic heterocycles. The molecule has 0 spiro atoms. The van der Waals surface area contributed by atoms with Crippen molar-refractivity contribution in [3.63, 3.8) is 0 Å². The van der Waals surface area contributed by atoms with E-state index in [9.17, 15) is 0 Å². The van der Waals surface area contributed by atoms with E-state index in [2.05, 4.69) is 29.3 Å². The standard InChI is InChI=1S/C14H26N2O/c1-13(12-16-8-10-17-11-9-16)15-7-6-14-4-2-3-5-14/h2,4,13-15H,3,5-12H2,1H3. The molecule has 0 bridgehead atoms. The van der Waals surface area contributed by atoms with Gasteiger partial charge in [-0.15, -0.1) is 0 Å². The quantitative estimate of drug-likeness (QED) is 0.712. The highest BCUT2D eigenvalue weighted by atomic mass is 16.5. The lowest BCUT2D eigenvalue weighted by molar-refractivity contribution is 0.0344. The number of hydrogen-bond acceptors (Lipinski definition) is 3. The van der Waals surface area contributed by atoms with Crippen molar-refractivity contribution >= 4 is 0 Å². The molecule has 1 saturated heterocycles. The van der Waals surface area contributed by atoms with Crippen LogP contribution >= 0.6 is 0 Å². The topological polar surface area (TPSA) is 24.5 Å². The van der Waals surface area contributed by atoms with Gasteiger partial charge in [-0.3, -0.25) is 4.90 Å². The third kappa shape index (κ3) is 4.78. The van der Waals surface area contributed by atoms with E-state index in [1.807, 2.05) is 0 Å². The van der Waals surface area contributed by atoms with Crippen molar-refractivity contribution in [2.24, 2.45) is 5.92 Å². The van der Waals surface area contributed by atoms with E-state index in [0.717, 1.165) is 45.3 Å². The number of nitrogens with one attached hydrogen (secondary N) is 1. The second-order valence-corrected chi connectivity index (χ2v) is 5.32. The fourth-order valence-electron chi connectivity index (χ4n) is 2.69. The van der Waals surface area contributed by atoms with Gasteiger partial charge in [-0.25, -0.2) is 0 Å². The van der Waals surface area contributed by atoms with Crippen LogP contribution in [0.5, 0.6) is 0 Å². The Morgan fingerprint density at radius 2 is 2.24 bits per heavy atom. The summed E-state index contributed by atoms with van der Waals surface area (Å²) in [6.45, 7) is 8.60. The van der Waals surface area contributed by atoms with Crippen LogP contribution in [-0.2, 0) is 4.74 Å². The van der Waals surface area contributed by atoms with Crippen LogP contribution in [-0.4, -0.2) is 50.3 Å². The van der Waals surface area contributed by atoms with Crippen LogP contribution in [0.2, 0.25) is 0 Å². The van der Waals surface area contributed by atoms with Crippen LogP contribution in [0.4, 0.5) is 0 Å². The first-order valence-corrected chi connectivity index (χ1v) is 7.05. The molecule has 1 fully saturated rings. The fraction of sp³-hybridized carbons (Fsp3) is 0.857. The third-order valence-corrected chi connectivity index (χ3v) is 3.76. The molecule has 0 aromatic rings. The van der Waals surface area contributed by atoms with Crippen LogP contribution in [0.1, 0.15) is 26.2 Å². The predicted octanol–water partition coefficient (Wildman–Crippen LogP) is 1.65. The van der Waals surface area contributed by atoms with Crippen molar-refractivity contribution in [3.05, 3.63) is 12.2 Å². The van der Waals surface area contributed by atoms with Crippen molar-refractivity contribution < 1.29 is 4.74 Å². The molecular formula is C14H26N2O. The summed E-state index contributed by atoms with van der Waals surface area (Å²) in [7, 11) is 0. The molecule has 2 rings (SSSR count). The van der Waals surface area contributed by atoms with Crippen LogP contribution in [0, 0.1) is 5.92 Å². The molecule has 2 unspecified atom stereocenters. The summed E-state index contributed by atoms with van der Waals surface area (Å²) < 4.78 is 5.36. The maximum Gasteiger partial charge on any atom is 0.0594 e.